The number of nitrogens with two attached hydrogens (primary N) is 1. The lowest BCUT2D eigenvalue weighted by Gasteiger charge is -2.15. The van der Waals surface area contributed by atoms with E-state index in [-0.39, 0.29) is 24.2 Å². The number of carbonyl (C=O) groups is 2. The first-order chi connectivity index (χ1) is 12.2. The zero-order chi connectivity index (χ0) is 17.6. The highest BCUT2D eigenvalue weighted by atomic mass is 16.5. The van der Waals surface area contributed by atoms with Crippen molar-refractivity contribution in [2.75, 3.05) is 25.0 Å². The summed E-state index contributed by atoms with van der Waals surface area (Å²) < 4.78 is 10.7. The van der Waals surface area contributed by atoms with E-state index in [1.54, 1.807) is 41.5 Å². The minimum Gasteiger partial charge on any atom is -0.492 e. The number of benzene rings is 1. The maximum Gasteiger partial charge on any atom is 0.229 e. The fourth-order valence-corrected chi connectivity index (χ4v) is 2.75. The Bertz CT molecular complexity index is 712. The summed E-state index contributed by atoms with van der Waals surface area (Å²) in [4.78, 5) is 26.1. The predicted molar refractivity (Wildman–Crippen MR) is 91.9 cm³/mol. The molecule has 0 aliphatic carbocycles. The molecule has 25 heavy (non-hydrogen) atoms. The monoisotopic (exact) mass is 343 g/mol. The number of hydrogen-bond acceptors (Lipinski definition) is 5. The van der Waals surface area contributed by atoms with E-state index in [4.69, 9.17) is 14.9 Å². The van der Waals surface area contributed by atoms with Gasteiger partial charge in [-0.1, -0.05) is 0 Å². The smallest absolute Gasteiger partial charge is 0.229 e. The molecular weight excluding hydrogens is 322 g/mol. The second-order valence-electron chi connectivity index (χ2n) is 5.91. The number of nitrogens with one attached hydrogen (secondary N) is 1. The fourth-order valence-electron chi connectivity index (χ4n) is 2.75. The number of rotatable bonds is 7. The molecule has 132 valence electrons. The van der Waals surface area contributed by atoms with Gasteiger partial charge in [0.05, 0.1) is 18.7 Å². The molecule has 0 bridgehead atoms. The molecule has 2 aromatic rings. The maximum absolute atomic E-state index is 12.4. The second-order valence-corrected chi connectivity index (χ2v) is 5.91. The third kappa shape index (κ3) is 4.39. The average molecular weight is 343 g/mol. The lowest BCUT2D eigenvalue weighted by Crippen LogP contribution is -2.27. The number of anilines is 1. The van der Waals surface area contributed by atoms with E-state index in [1.165, 1.54) is 0 Å². The Balaban J connectivity index is 1.54. The summed E-state index contributed by atoms with van der Waals surface area (Å²) in [6.45, 7) is 1.68. The summed E-state index contributed by atoms with van der Waals surface area (Å²) in [6.07, 6.45) is 1.78. The van der Waals surface area contributed by atoms with Crippen LogP contribution in [0.3, 0.4) is 0 Å². The van der Waals surface area contributed by atoms with Crippen molar-refractivity contribution in [3.63, 3.8) is 0 Å². The minimum atomic E-state index is -0.365. The van der Waals surface area contributed by atoms with Crippen molar-refractivity contribution in [1.29, 1.82) is 0 Å². The highest BCUT2D eigenvalue weighted by Gasteiger charge is 2.34. The highest BCUT2D eigenvalue weighted by Crippen LogP contribution is 2.23. The van der Waals surface area contributed by atoms with E-state index in [0.29, 0.717) is 43.4 Å². The lowest BCUT2D eigenvalue weighted by molar-refractivity contribution is -0.128. The van der Waals surface area contributed by atoms with Crippen LogP contribution in [0.2, 0.25) is 0 Å². The van der Waals surface area contributed by atoms with E-state index < -0.39 is 0 Å². The molecule has 1 fully saturated rings. The lowest BCUT2D eigenvalue weighted by atomic mass is 10.1. The number of nitrogens with zero attached hydrogens (tertiary/aromatic N) is 1. The number of amides is 2. The molecule has 3 rings (SSSR count). The van der Waals surface area contributed by atoms with Crippen LogP contribution in [0.25, 0.3) is 0 Å². The van der Waals surface area contributed by atoms with Crippen molar-refractivity contribution < 1.29 is 18.7 Å². The van der Waals surface area contributed by atoms with E-state index in [0.717, 1.165) is 0 Å². The maximum atomic E-state index is 12.4. The summed E-state index contributed by atoms with van der Waals surface area (Å²) in [6, 6.07) is 10.7. The molecule has 1 aromatic heterocycles. The van der Waals surface area contributed by atoms with Gasteiger partial charge in [0.25, 0.3) is 0 Å². The molecule has 0 spiro atoms. The van der Waals surface area contributed by atoms with Gasteiger partial charge in [-0.2, -0.15) is 0 Å². The molecule has 3 N–H and O–H groups in total. The first kappa shape index (κ1) is 17.0. The van der Waals surface area contributed by atoms with Crippen LogP contribution >= 0.6 is 0 Å². The quantitative estimate of drug-likeness (QED) is 0.796. The number of carbonyl (C=O) groups excluding carboxylic acids is 2. The molecule has 1 aromatic carbocycles. The van der Waals surface area contributed by atoms with Crippen molar-refractivity contribution in [3.05, 3.63) is 48.4 Å². The third-order valence-corrected chi connectivity index (χ3v) is 4.02. The first-order valence-corrected chi connectivity index (χ1v) is 8.19. The Hall–Kier alpha value is -2.80. The van der Waals surface area contributed by atoms with Crippen LogP contribution < -0.4 is 15.8 Å². The van der Waals surface area contributed by atoms with Crippen LogP contribution in [0.4, 0.5) is 5.69 Å². The van der Waals surface area contributed by atoms with Gasteiger partial charge in [-0.05, 0) is 36.4 Å². The Morgan fingerprint density at radius 1 is 1.32 bits per heavy atom. The van der Waals surface area contributed by atoms with Gasteiger partial charge in [0.1, 0.15) is 18.1 Å². The highest BCUT2D eigenvalue weighted by molar-refractivity contribution is 5.97. The summed E-state index contributed by atoms with van der Waals surface area (Å²) >= 11 is 0. The van der Waals surface area contributed by atoms with Gasteiger partial charge >= 0.3 is 0 Å². The number of hydrogen-bond donors (Lipinski definition) is 2. The molecule has 7 nitrogen and oxygen atoms in total. The third-order valence-electron chi connectivity index (χ3n) is 4.02. The standard InChI is InChI=1S/C18H21N3O4/c19-7-9-25-15-5-3-14(4-6-15)20-18(23)13-10-17(22)21(11-13)12-16-2-1-8-24-16/h1-6,8,13H,7,9-12,19H2,(H,20,23). The Morgan fingerprint density at radius 2 is 2.12 bits per heavy atom. The van der Waals surface area contributed by atoms with Gasteiger partial charge in [-0.3, -0.25) is 9.59 Å². The van der Waals surface area contributed by atoms with Crippen molar-refractivity contribution in [2.45, 2.75) is 13.0 Å². The number of likely N-dealkylation sites (tertiary alicyclic amines) is 1. The molecule has 1 aliphatic rings. The van der Waals surface area contributed by atoms with Gasteiger partial charge in [0.2, 0.25) is 11.8 Å². The molecule has 1 aliphatic heterocycles. The Labute approximate surface area is 145 Å². The summed E-state index contributed by atoms with van der Waals surface area (Å²) in [5, 5.41) is 2.85. The van der Waals surface area contributed by atoms with Crippen molar-refractivity contribution >= 4 is 17.5 Å². The van der Waals surface area contributed by atoms with Crippen LogP contribution in [-0.4, -0.2) is 36.4 Å². The molecule has 1 atom stereocenters. The minimum absolute atomic E-state index is 0.0397. The summed E-state index contributed by atoms with van der Waals surface area (Å²) in [7, 11) is 0. The van der Waals surface area contributed by atoms with Gasteiger partial charge in [-0.15, -0.1) is 0 Å². The molecule has 1 saturated heterocycles. The normalized spacial score (nSPS) is 16.9. The molecular formula is C18H21N3O4. The van der Waals surface area contributed by atoms with Crippen molar-refractivity contribution in [3.8, 4) is 5.75 Å². The van der Waals surface area contributed by atoms with E-state index in [9.17, 15) is 9.59 Å². The van der Waals surface area contributed by atoms with E-state index >= 15 is 0 Å². The van der Waals surface area contributed by atoms with Gasteiger partial charge in [-0.25, -0.2) is 0 Å². The Kier molecular flexibility index (Phi) is 5.35. The molecule has 0 saturated carbocycles. The average Bonchev–Trinajstić information content (AvgIpc) is 3.25. The number of ether oxygens (including phenoxy) is 1. The second kappa shape index (κ2) is 7.85. The molecule has 2 heterocycles. The van der Waals surface area contributed by atoms with Crippen LogP contribution in [0.15, 0.2) is 47.1 Å². The summed E-state index contributed by atoms with van der Waals surface area (Å²) in [5.41, 5.74) is 6.06. The summed E-state index contributed by atoms with van der Waals surface area (Å²) in [5.74, 6) is 0.843. The molecule has 0 radical (unpaired) electrons. The van der Waals surface area contributed by atoms with Gasteiger partial charge < -0.3 is 25.1 Å². The Morgan fingerprint density at radius 3 is 2.80 bits per heavy atom. The van der Waals surface area contributed by atoms with Crippen molar-refractivity contribution in [2.24, 2.45) is 11.7 Å². The largest absolute Gasteiger partial charge is 0.492 e. The van der Waals surface area contributed by atoms with Gasteiger partial charge in [0, 0.05) is 25.2 Å². The zero-order valence-electron chi connectivity index (χ0n) is 13.8. The van der Waals surface area contributed by atoms with Crippen molar-refractivity contribution in [1.82, 2.24) is 4.90 Å². The van der Waals surface area contributed by atoms with E-state index in [1.807, 2.05) is 6.07 Å². The van der Waals surface area contributed by atoms with Crippen LogP contribution in [0, 0.1) is 5.92 Å². The molecule has 1 unspecified atom stereocenters. The topological polar surface area (TPSA) is 97.8 Å². The predicted octanol–water partition coefficient (Wildman–Crippen LogP) is 1.60. The number of furan rings is 1. The van der Waals surface area contributed by atoms with E-state index in [2.05, 4.69) is 5.32 Å². The molecule has 7 heteroatoms. The fraction of sp³-hybridized carbons (Fsp3) is 0.333. The van der Waals surface area contributed by atoms with Crippen LogP contribution in [0.1, 0.15) is 12.2 Å². The zero-order valence-corrected chi connectivity index (χ0v) is 13.8. The van der Waals surface area contributed by atoms with Crippen LogP contribution in [0.5, 0.6) is 5.75 Å². The van der Waals surface area contributed by atoms with Gasteiger partial charge in [0.15, 0.2) is 0 Å². The molecule has 2 amide bonds. The van der Waals surface area contributed by atoms with Crippen LogP contribution in [-0.2, 0) is 16.1 Å². The first-order valence-electron chi connectivity index (χ1n) is 8.19. The SMILES string of the molecule is NCCOc1ccc(NC(=O)C2CC(=O)N(Cc3ccco3)C2)cc1.